The highest BCUT2D eigenvalue weighted by atomic mass is 35.5. The van der Waals surface area contributed by atoms with Crippen LogP contribution in [0.2, 0.25) is 5.02 Å². The molecule has 0 aliphatic carbocycles. The molecule has 1 atom stereocenters. The van der Waals surface area contributed by atoms with Gasteiger partial charge in [0.05, 0.1) is 5.92 Å². The standard InChI is InChI=1S/C12H14ClNO5S/c13-10-3-5-11(6-4-10)19-20(17,18)14-7-1-2-9(8-14)12(15)16/h3-6,9H,1-2,7-8H2,(H,15,16). The molecule has 2 rings (SSSR count). The highest BCUT2D eigenvalue weighted by Crippen LogP contribution is 2.23. The Morgan fingerprint density at radius 2 is 2.00 bits per heavy atom. The molecule has 1 saturated heterocycles. The van der Waals surface area contributed by atoms with E-state index in [-0.39, 0.29) is 18.8 Å². The molecule has 1 aromatic carbocycles. The number of halogens is 1. The molecule has 1 aromatic rings. The molecule has 0 amide bonds. The summed E-state index contributed by atoms with van der Waals surface area (Å²) in [7, 11) is -3.99. The molecule has 20 heavy (non-hydrogen) atoms. The molecule has 1 N–H and O–H groups in total. The van der Waals surface area contributed by atoms with Crippen molar-refractivity contribution in [1.29, 1.82) is 0 Å². The van der Waals surface area contributed by atoms with Gasteiger partial charge in [0.2, 0.25) is 0 Å². The van der Waals surface area contributed by atoms with Gasteiger partial charge in [-0.2, -0.15) is 12.7 Å². The number of carbonyl (C=O) groups is 1. The Balaban J connectivity index is 2.09. The third-order valence-corrected chi connectivity index (χ3v) is 4.68. The molecule has 8 heteroatoms. The zero-order chi connectivity index (χ0) is 14.8. The number of hydrogen-bond donors (Lipinski definition) is 1. The van der Waals surface area contributed by atoms with E-state index in [2.05, 4.69) is 0 Å². The highest BCUT2D eigenvalue weighted by Gasteiger charge is 2.33. The fourth-order valence-electron chi connectivity index (χ4n) is 2.01. The normalized spacial score (nSPS) is 20.6. The number of rotatable bonds is 4. The zero-order valence-corrected chi connectivity index (χ0v) is 12.1. The zero-order valence-electron chi connectivity index (χ0n) is 10.5. The largest absolute Gasteiger partial charge is 0.481 e. The topological polar surface area (TPSA) is 83.9 Å². The quantitative estimate of drug-likeness (QED) is 0.914. The molecule has 6 nitrogen and oxygen atoms in total. The molecule has 1 aliphatic heterocycles. The van der Waals surface area contributed by atoms with Crippen molar-refractivity contribution >= 4 is 27.9 Å². The minimum absolute atomic E-state index is 0.0642. The van der Waals surface area contributed by atoms with Gasteiger partial charge in [0.15, 0.2) is 0 Å². The van der Waals surface area contributed by atoms with Gasteiger partial charge >= 0.3 is 16.3 Å². The summed E-state index contributed by atoms with van der Waals surface area (Å²) in [6.07, 6.45) is 0.975. The number of carboxylic acids is 1. The maximum absolute atomic E-state index is 12.1. The Morgan fingerprint density at radius 3 is 2.60 bits per heavy atom. The Bertz CT molecular complexity index is 586. The van der Waals surface area contributed by atoms with Crippen molar-refractivity contribution in [3.05, 3.63) is 29.3 Å². The monoisotopic (exact) mass is 319 g/mol. The van der Waals surface area contributed by atoms with E-state index in [1.807, 2.05) is 0 Å². The molecular weight excluding hydrogens is 306 g/mol. The number of benzene rings is 1. The van der Waals surface area contributed by atoms with Crippen LogP contribution in [0.3, 0.4) is 0 Å². The van der Waals surface area contributed by atoms with Crippen LogP contribution >= 0.6 is 11.6 Å². The van der Waals surface area contributed by atoms with Crippen LogP contribution in [0.15, 0.2) is 24.3 Å². The summed E-state index contributed by atoms with van der Waals surface area (Å²) >= 11 is 5.70. The van der Waals surface area contributed by atoms with Gasteiger partial charge in [-0.1, -0.05) is 11.6 Å². The van der Waals surface area contributed by atoms with E-state index in [0.29, 0.717) is 17.9 Å². The van der Waals surface area contributed by atoms with Crippen molar-refractivity contribution < 1.29 is 22.5 Å². The van der Waals surface area contributed by atoms with Crippen molar-refractivity contribution in [2.24, 2.45) is 5.92 Å². The Hall–Kier alpha value is -1.31. The van der Waals surface area contributed by atoms with Crippen molar-refractivity contribution in [3.63, 3.8) is 0 Å². The SMILES string of the molecule is O=C(O)C1CCCN(S(=O)(=O)Oc2ccc(Cl)cc2)C1. The Morgan fingerprint density at radius 1 is 1.35 bits per heavy atom. The third-order valence-electron chi connectivity index (χ3n) is 3.06. The van der Waals surface area contributed by atoms with Crippen LogP contribution in [0.4, 0.5) is 0 Å². The van der Waals surface area contributed by atoms with Gasteiger partial charge in [0, 0.05) is 18.1 Å². The lowest BCUT2D eigenvalue weighted by Crippen LogP contribution is -2.44. The molecule has 0 aromatic heterocycles. The van der Waals surface area contributed by atoms with Crippen molar-refractivity contribution in [1.82, 2.24) is 4.31 Å². The van der Waals surface area contributed by atoms with Gasteiger partial charge in [0.25, 0.3) is 0 Å². The van der Waals surface area contributed by atoms with Crippen molar-refractivity contribution in [2.45, 2.75) is 12.8 Å². The number of aliphatic carboxylic acids is 1. The van der Waals surface area contributed by atoms with E-state index < -0.39 is 22.2 Å². The number of carboxylic acid groups (broad SMARTS) is 1. The van der Waals surface area contributed by atoms with Crippen LogP contribution < -0.4 is 4.18 Å². The number of hydrogen-bond acceptors (Lipinski definition) is 4. The second-order valence-corrected chi connectivity index (χ2v) is 6.51. The van der Waals surface area contributed by atoms with Crippen LogP contribution in [0.25, 0.3) is 0 Å². The first-order valence-corrected chi connectivity index (χ1v) is 7.81. The van der Waals surface area contributed by atoms with E-state index >= 15 is 0 Å². The Kier molecular flexibility index (Phi) is 4.52. The minimum atomic E-state index is -3.99. The van der Waals surface area contributed by atoms with Gasteiger partial charge in [-0.25, -0.2) is 0 Å². The van der Waals surface area contributed by atoms with Crippen LogP contribution in [0, 0.1) is 5.92 Å². The summed E-state index contributed by atoms with van der Waals surface area (Å²) in [4.78, 5) is 10.9. The first-order valence-electron chi connectivity index (χ1n) is 6.06. The predicted molar refractivity (Wildman–Crippen MR) is 72.9 cm³/mol. The molecule has 0 spiro atoms. The van der Waals surface area contributed by atoms with Crippen LogP contribution in [0.5, 0.6) is 5.75 Å². The molecule has 1 unspecified atom stereocenters. The fraction of sp³-hybridized carbons (Fsp3) is 0.417. The minimum Gasteiger partial charge on any atom is -0.481 e. The highest BCUT2D eigenvalue weighted by molar-refractivity contribution is 7.84. The summed E-state index contributed by atoms with van der Waals surface area (Å²) in [5.74, 6) is -1.53. The third kappa shape index (κ3) is 3.62. The molecule has 0 radical (unpaired) electrons. The van der Waals surface area contributed by atoms with Gasteiger partial charge < -0.3 is 9.29 Å². The summed E-state index contributed by atoms with van der Waals surface area (Å²) in [5.41, 5.74) is 0. The van der Waals surface area contributed by atoms with Crippen LogP contribution in [-0.2, 0) is 15.1 Å². The summed E-state index contributed by atoms with van der Waals surface area (Å²) < 4.78 is 30.2. The number of nitrogens with zero attached hydrogens (tertiary/aromatic N) is 1. The van der Waals surface area contributed by atoms with Gasteiger partial charge in [-0.15, -0.1) is 0 Å². The number of piperidine rings is 1. The first kappa shape index (κ1) is 15.1. The molecule has 1 fully saturated rings. The Labute approximate surface area is 122 Å². The lowest BCUT2D eigenvalue weighted by atomic mass is 10.0. The fourth-order valence-corrected chi connectivity index (χ4v) is 3.31. The molecule has 0 saturated carbocycles. The van der Waals surface area contributed by atoms with E-state index in [0.717, 1.165) is 4.31 Å². The maximum atomic E-state index is 12.1. The van der Waals surface area contributed by atoms with Gasteiger partial charge in [0.1, 0.15) is 5.75 Å². The van der Waals surface area contributed by atoms with E-state index in [4.69, 9.17) is 20.9 Å². The molecule has 1 heterocycles. The van der Waals surface area contributed by atoms with E-state index in [1.54, 1.807) is 0 Å². The van der Waals surface area contributed by atoms with Crippen LogP contribution in [-0.4, -0.2) is 36.9 Å². The van der Waals surface area contributed by atoms with Crippen molar-refractivity contribution in [3.8, 4) is 5.75 Å². The smallest absolute Gasteiger partial charge is 0.385 e. The first-order chi connectivity index (χ1) is 9.38. The van der Waals surface area contributed by atoms with Gasteiger partial charge in [-0.05, 0) is 37.1 Å². The van der Waals surface area contributed by atoms with Crippen molar-refractivity contribution in [2.75, 3.05) is 13.1 Å². The average Bonchev–Trinajstić information content (AvgIpc) is 2.41. The molecule has 1 aliphatic rings. The predicted octanol–water partition coefficient (Wildman–Crippen LogP) is 1.76. The molecule has 110 valence electrons. The van der Waals surface area contributed by atoms with E-state index in [9.17, 15) is 13.2 Å². The summed E-state index contributed by atoms with van der Waals surface area (Å²) in [5, 5.41) is 9.44. The lowest BCUT2D eigenvalue weighted by Gasteiger charge is -2.28. The summed E-state index contributed by atoms with van der Waals surface area (Å²) in [6.45, 7) is 0.199. The maximum Gasteiger partial charge on any atom is 0.385 e. The van der Waals surface area contributed by atoms with Gasteiger partial charge in [-0.3, -0.25) is 4.79 Å². The lowest BCUT2D eigenvalue weighted by molar-refractivity contribution is -0.142. The second-order valence-electron chi connectivity index (χ2n) is 4.53. The molecular formula is C12H14ClNO5S. The average molecular weight is 320 g/mol. The second kappa shape index (κ2) is 5.99. The van der Waals surface area contributed by atoms with E-state index in [1.165, 1.54) is 24.3 Å². The summed E-state index contributed by atoms with van der Waals surface area (Å²) in [6, 6.07) is 5.92. The van der Waals surface area contributed by atoms with Crippen LogP contribution in [0.1, 0.15) is 12.8 Å². The molecule has 0 bridgehead atoms.